The van der Waals surface area contributed by atoms with Gasteiger partial charge in [-0.3, -0.25) is 4.79 Å². The lowest BCUT2D eigenvalue weighted by atomic mass is 10.3. The molecule has 1 aromatic rings. The van der Waals surface area contributed by atoms with E-state index in [0.29, 0.717) is 5.75 Å². The first-order valence-corrected chi connectivity index (χ1v) is 5.89. The Labute approximate surface area is 92.6 Å². The molecule has 0 aromatic carbocycles. The first kappa shape index (κ1) is 12.0. The number of hydrogen-bond donors (Lipinski definition) is 1. The molecule has 1 aromatic heterocycles. The zero-order chi connectivity index (χ0) is 11.3. The van der Waals surface area contributed by atoms with E-state index in [1.54, 1.807) is 4.68 Å². The number of hydrogen-bond acceptors (Lipinski definition) is 5. The number of carbonyl (C=O) groups excluding carboxylic acids is 1. The minimum atomic E-state index is -0.280. The summed E-state index contributed by atoms with van der Waals surface area (Å²) >= 11 is 1.48. The normalized spacial score (nSPS) is 12.7. The molecule has 0 fully saturated rings. The number of primary amides is 1. The first-order valence-electron chi connectivity index (χ1n) is 4.85. The zero-order valence-corrected chi connectivity index (χ0v) is 9.70. The van der Waals surface area contributed by atoms with Gasteiger partial charge in [-0.25, -0.2) is 4.68 Å². The number of nitrogens with two attached hydrogens (primary N) is 1. The summed E-state index contributed by atoms with van der Waals surface area (Å²) in [6.07, 6.45) is 0.730. The molecule has 6 nitrogen and oxygen atoms in total. The maximum Gasteiger partial charge on any atom is 0.230 e. The van der Waals surface area contributed by atoms with Crippen LogP contribution in [0.2, 0.25) is 0 Å². The second-order valence-electron chi connectivity index (χ2n) is 3.02. The van der Waals surface area contributed by atoms with E-state index in [9.17, 15) is 4.79 Å². The number of nitrogens with zero attached hydrogens (tertiary/aromatic N) is 4. The van der Waals surface area contributed by atoms with E-state index < -0.39 is 0 Å². The van der Waals surface area contributed by atoms with Crippen molar-refractivity contribution in [3.63, 3.8) is 0 Å². The summed E-state index contributed by atoms with van der Waals surface area (Å²) in [6.45, 7) is 4.64. The lowest BCUT2D eigenvalue weighted by Crippen LogP contribution is -2.25. The maximum absolute atomic E-state index is 11.0. The number of carbonyl (C=O) groups is 1. The Morgan fingerprint density at radius 2 is 2.33 bits per heavy atom. The predicted octanol–water partition coefficient (Wildman–Crippen LogP) is 0.190. The third-order valence-corrected chi connectivity index (χ3v) is 3.40. The van der Waals surface area contributed by atoms with Gasteiger partial charge in [-0.2, -0.15) is 0 Å². The van der Waals surface area contributed by atoms with E-state index in [2.05, 4.69) is 15.5 Å². The van der Waals surface area contributed by atoms with Crippen molar-refractivity contribution < 1.29 is 4.79 Å². The van der Waals surface area contributed by atoms with Gasteiger partial charge in [0.15, 0.2) is 5.82 Å². The summed E-state index contributed by atoms with van der Waals surface area (Å²) in [5.41, 5.74) is 5.24. The van der Waals surface area contributed by atoms with Crippen LogP contribution in [0.1, 0.15) is 26.1 Å². The van der Waals surface area contributed by atoms with Crippen molar-refractivity contribution in [2.75, 3.05) is 0 Å². The highest BCUT2D eigenvalue weighted by molar-refractivity contribution is 7.99. The maximum atomic E-state index is 11.0. The molecule has 0 saturated heterocycles. The highest BCUT2D eigenvalue weighted by atomic mass is 32.2. The van der Waals surface area contributed by atoms with E-state index in [1.165, 1.54) is 11.8 Å². The Morgan fingerprint density at radius 1 is 1.60 bits per heavy atom. The van der Waals surface area contributed by atoms with Gasteiger partial charge in [-0.1, -0.05) is 6.92 Å². The molecule has 15 heavy (non-hydrogen) atoms. The zero-order valence-electron chi connectivity index (χ0n) is 8.88. The number of thioether (sulfide) groups is 1. The quantitative estimate of drug-likeness (QED) is 0.752. The van der Waals surface area contributed by atoms with Gasteiger partial charge >= 0.3 is 0 Å². The second kappa shape index (κ2) is 5.69. The summed E-state index contributed by atoms with van der Waals surface area (Å²) in [7, 11) is 0. The van der Waals surface area contributed by atoms with Crippen molar-refractivity contribution in [1.82, 2.24) is 20.2 Å². The van der Waals surface area contributed by atoms with Gasteiger partial charge in [-0.15, -0.1) is 16.9 Å². The fourth-order valence-corrected chi connectivity index (χ4v) is 2.11. The smallest absolute Gasteiger partial charge is 0.230 e. The van der Waals surface area contributed by atoms with E-state index >= 15 is 0 Å². The lowest BCUT2D eigenvalue weighted by molar-refractivity contribution is -0.117. The van der Waals surface area contributed by atoms with Crippen LogP contribution in [0.25, 0.3) is 0 Å². The highest BCUT2D eigenvalue weighted by Gasteiger charge is 2.15. The van der Waals surface area contributed by atoms with Gasteiger partial charge in [0.1, 0.15) is 0 Å². The predicted molar refractivity (Wildman–Crippen MR) is 58.1 cm³/mol. The van der Waals surface area contributed by atoms with Crippen molar-refractivity contribution in [3.05, 3.63) is 5.82 Å². The lowest BCUT2D eigenvalue weighted by Gasteiger charge is -2.09. The molecule has 1 rings (SSSR count). The number of aromatic nitrogens is 4. The van der Waals surface area contributed by atoms with Crippen LogP contribution in [-0.4, -0.2) is 31.4 Å². The standard InChI is InChI=1S/C8H15N5OS/c1-3-6(8(9)14)15-5-7-10-11-12-13(7)4-2/h6H,3-5H2,1-2H3,(H2,9,14). The van der Waals surface area contributed by atoms with E-state index in [0.717, 1.165) is 18.8 Å². The van der Waals surface area contributed by atoms with Crippen LogP contribution >= 0.6 is 11.8 Å². The third-order valence-electron chi connectivity index (χ3n) is 2.01. The average Bonchev–Trinajstić information content (AvgIpc) is 2.65. The number of aryl methyl sites for hydroxylation is 1. The van der Waals surface area contributed by atoms with Crippen molar-refractivity contribution >= 4 is 17.7 Å². The van der Waals surface area contributed by atoms with Gasteiger partial charge < -0.3 is 5.73 Å². The van der Waals surface area contributed by atoms with E-state index in [4.69, 9.17) is 5.73 Å². The molecule has 0 radical (unpaired) electrons. The molecule has 1 heterocycles. The van der Waals surface area contributed by atoms with Gasteiger partial charge in [0, 0.05) is 6.54 Å². The molecule has 0 spiro atoms. The van der Waals surface area contributed by atoms with Crippen LogP contribution in [-0.2, 0) is 17.1 Å². The van der Waals surface area contributed by atoms with Crippen LogP contribution in [0.4, 0.5) is 0 Å². The van der Waals surface area contributed by atoms with Crippen LogP contribution in [0.3, 0.4) is 0 Å². The fourth-order valence-electron chi connectivity index (χ4n) is 1.15. The molecule has 2 N–H and O–H groups in total. The molecule has 1 atom stereocenters. The molecule has 84 valence electrons. The summed E-state index contributed by atoms with van der Waals surface area (Å²) in [5, 5.41) is 11.1. The second-order valence-corrected chi connectivity index (χ2v) is 4.21. The molecule has 1 amide bonds. The summed E-state index contributed by atoms with van der Waals surface area (Å²) < 4.78 is 1.71. The first-order chi connectivity index (χ1) is 7.19. The molecule has 0 aliphatic carbocycles. The van der Waals surface area contributed by atoms with Gasteiger partial charge in [0.2, 0.25) is 5.91 Å². The van der Waals surface area contributed by atoms with Gasteiger partial charge in [-0.05, 0) is 23.8 Å². The molecule has 0 bridgehead atoms. The van der Waals surface area contributed by atoms with Crippen molar-refractivity contribution in [3.8, 4) is 0 Å². The number of rotatable bonds is 6. The number of amides is 1. The minimum Gasteiger partial charge on any atom is -0.369 e. The third kappa shape index (κ3) is 3.19. The average molecular weight is 229 g/mol. The topological polar surface area (TPSA) is 86.7 Å². The summed E-state index contributed by atoms with van der Waals surface area (Å²) in [6, 6.07) is 0. The summed E-state index contributed by atoms with van der Waals surface area (Å²) in [4.78, 5) is 11.0. The van der Waals surface area contributed by atoms with Crippen LogP contribution in [0.5, 0.6) is 0 Å². The van der Waals surface area contributed by atoms with E-state index in [-0.39, 0.29) is 11.2 Å². The Bertz CT molecular complexity index is 327. The minimum absolute atomic E-state index is 0.160. The molecule has 0 saturated carbocycles. The monoisotopic (exact) mass is 229 g/mol. The Hall–Kier alpha value is -1.11. The van der Waals surface area contributed by atoms with Crippen LogP contribution < -0.4 is 5.73 Å². The molecule has 1 unspecified atom stereocenters. The summed E-state index contributed by atoms with van der Waals surface area (Å²) in [5.74, 6) is 1.11. The Kier molecular flexibility index (Phi) is 4.54. The largest absolute Gasteiger partial charge is 0.369 e. The molecule has 7 heteroatoms. The van der Waals surface area contributed by atoms with Crippen molar-refractivity contribution in [2.45, 2.75) is 37.8 Å². The fraction of sp³-hybridized carbons (Fsp3) is 0.750. The van der Waals surface area contributed by atoms with Crippen LogP contribution in [0, 0.1) is 0 Å². The molecule has 0 aliphatic heterocycles. The van der Waals surface area contributed by atoms with Crippen molar-refractivity contribution in [1.29, 1.82) is 0 Å². The Morgan fingerprint density at radius 3 is 2.87 bits per heavy atom. The van der Waals surface area contributed by atoms with Crippen LogP contribution in [0.15, 0.2) is 0 Å². The van der Waals surface area contributed by atoms with Gasteiger partial charge in [0.05, 0.1) is 11.0 Å². The van der Waals surface area contributed by atoms with E-state index in [1.807, 2.05) is 13.8 Å². The highest BCUT2D eigenvalue weighted by Crippen LogP contribution is 2.18. The SMILES string of the molecule is CCC(SCc1nnnn1CC)C(N)=O. The number of tetrazole rings is 1. The molecular weight excluding hydrogens is 214 g/mol. The molecule has 0 aliphatic rings. The van der Waals surface area contributed by atoms with Crippen molar-refractivity contribution in [2.24, 2.45) is 5.73 Å². The Balaban J connectivity index is 2.52. The van der Waals surface area contributed by atoms with Gasteiger partial charge in [0.25, 0.3) is 0 Å². The molecular formula is C8H15N5OS.